The lowest BCUT2D eigenvalue weighted by Gasteiger charge is -2.26. The minimum Gasteiger partial charge on any atom is -0.331 e. The highest BCUT2D eigenvalue weighted by Crippen LogP contribution is 2.32. The molecule has 4 rings (SSSR count). The van der Waals surface area contributed by atoms with Crippen molar-refractivity contribution < 1.29 is 22.4 Å². The van der Waals surface area contributed by atoms with Gasteiger partial charge >= 0.3 is 6.18 Å². The van der Waals surface area contributed by atoms with Crippen LogP contribution in [0, 0.1) is 5.82 Å². The summed E-state index contributed by atoms with van der Waals surface area (Å²) in [6.07, 6.45) is -3.53. The van der Waals surface area contributed by atoms with E-state index in [0.717, 1.165) is 6.20 Å². The lowest BCUT2D eigenvalue weighted by molar-refractivity contribution is -0.140. The van der Waals surface area contributed by atoms with Gasteiger partial charge in [0.2, 0.25) is 16.6 Å². The molecule has 3 heterocycles. The lowest BCUT2D eigenvalue weighted by Crippen LogP contribution is -2.37. The Morgan fingerprint density at radius 1 is 1.19 bits per heavy atom. The second kappa shape index (κ2) is 9.39. The van der Waals surface area contributed by atoms with Gasteiger partial charge in [-0.05, 0) is 40.5 Å². The summed E-state index contributed by atoms with van der Waals surface area (Å²) in [7, 11) is 0. The van der Waals surface area contributed by atoms with Crippen molar-refractivity contribution in [1.82, 2.24) is 24.3 Å². The standard InChI is InChI=1S/C18H15BrF4N6O.C2H6/c1-2-27-9-13(18(21,22)23)24-15(27)11-4-3-10(7-12(11)20)8-28-14(30)5-6-29-17(28)25-16(19)26-29;1-2/h3-4,7,9H,2,5-6,8H2,1H3;1-2H3. The Kier molecular flexibility index (Phi) is 7.01. The summed E-state index contributed by atoms with van der Waals surface area (Å²) in [5.41, 5.74) is -0.665. The smallest absolute Gasteiger partial charge is 0.331 e. The van der Waals surface area contributed by atoms with E-state index >= 15 is 0 Å². The average Bonchev–Trinajstić information content (AvgIpc) is 3.35. The van der Waals surface area contributed by atoms with Crippen LogP contribution in [0.2, 0.25) is 0 Å². The van der Waals surface area contributed by atoms with Crippen molar-refractivity contribution >= 4 is 27.8 Å². The van der Waals surface area contributed by atoms with Gasteiger partial charge in [-0.15, -0.1) is 5.10 Å². The third-order valence-electron chi connectivity index (χ3n) is 4.73. The van der Waals surface area contributed by atoms with Gasteiger partial charge in [0, 0.05) is 19.2 Å². The van der Waals surface area contributed by atoms with E-state index in [1.165, 1.54) is 21.6 Å². The van der Waals surface area contributed by atoms with Crippen LogP contribution in [0.15, 0.2) is 29.1 Å². The van der Waals surface area contributed by atoms with Crippen LogP contribution in [0.1, 0.15) is 38.4 Å². The van der Waals surface area contributed by atoms with Gasteiger partial charge in [-0.25, -0.2) is 14.1 Å². The summed E-state index contributed by atoms with van der Waals surface area (Å²) in [4.78, 5) is 21.5. The molecule has 172 valence electrons. The first-order chi connectivity index (χ1) is 15.2. The molecule has 0 radical (unpaired) electrons. The molecule has 0 spiro atoms. The van der Waals surface area contributed by atoms with Crippen LogP contribution in [0.25, 0.3) is 11.4 Å². The quantitative estimate of drug-likeness (QED) is 0.455. The molecule has 0 atom stereocenters. The van der Waals surface area contributed by atoms with Crippen LogP contribution in [-0.4, -0.2) is 30.2 Å². The van der Waals surface area contributed by atoms with E-state index in [1.54, 1.807) is 17.7 Å². The SMILES string of the molecule is CC.CCn1cc(C(F)(F)F)nc1-c1ccc(CN2C(=O)CCn3nc(Br)nc32)cc1F. The number of amides is 1. The number of rotatable bonds is 4. The molecule has 1 aliphatic heterocycles. The summed E-state index contributed by atoms with van der Waals surface area (Å²) in [5.74, 6) is -0.664. The minimum absolute atomic E-state index is 0.0491. The van der Waals surface area contributed by atoms with E-state index in [0.29, 0.717) is 22.8 Å². The van der Waals surface area contributed by atoms with Gasteiger partial charge in [0.15, 0.2) is 5.69 Å². The summed E-state index contributed by atoms with van der Waals surface area (Å²) >= 11 is 3.17. The summed E-state index contributed by atoms with van der Waals surface area (Å²) in [6, 6.07) is 4.11. The number of anilines is 1. The summed E-state index contributed by atoms with van der Waals surface area (Å²) < 4.78 is 57.0. The first-order valence-corrected chi connectivity index (χ1v) is 10.8. The number of carbonyl (C=O) groups is 1. The van der Waals surface area contributed by atoms with Crippen molar-refractivity contribution in [3.63, 3.8) is 0 Å². The van der Waals surface area contributed by atoms with Gasteiger partial charge < -0.3 is 4.57 Å². The largest absolute Gasteiger partial charge is 0.434 e. The molecule has 32 heavy (non-hydrogen) atoms. The van der Waals surface area contributed by atoms with Gasteiger partial charge in [-0.2, -0.15) is 18.2 Å². The van der Waals surface area contributed by atoms with E-state index < -0.39 is 17.7 Å². The molecule has 1 aliphatic rings. The van der Waals surface area contributed by atoms with Crippen LogP contribution in [0.4, 0.5) is 23.5 Å². The number of aryl methyl sites for hydroxylation is 2. The van der Waals surface area contributed by atoms with E-state index in [2.05, 4.69) is 31.0 Å². The van der Waals surface area contributed by atoms with E-state index in [1.807, 2.05) is 13.8 Å². The van der Waals surface area contributed by atoms with Crippen LogP contribution in [0.5, 0.6) is 0 Å². The fourth-order valence-electron chi connectivity index (χ4n) is 3.29. The average molecular weight is 517 g/mol. The predicted molar refractivity (Wildman–Crippen MR) is 113 cm³/mol. The Labute approximate surface area is 190 Å². The first-order valence-electron chi connectivity index (χ1n) is 10.0. The molecule has 1 amide bonds. The second-order valence-electron chi connectivity index (χ2n) is 6.68. The lowest BCUT2D eigenvalue weighted by atomic mass is 10.1. The van der Waals surface area contributed by atoms with Crippen LogP contribution in [0.3, 0.4) is 0 Å². The van der Waals surface area contributed by atoms with Crippen LogP contribution in [-0.2, 0) is 30.6 Å². The number of carbonyl (C=O) groups excluding carboxylic acids is 1. The number of nitrogens with zero attached hydrogens (tertiary/aromatic N) is 6. The Bertz CT molecular complexity index is 1120. The second-order valence-corrected chi connectivity index (χ2v) is 7.39. The zero-order chi connectivity index (χ0) is 23.6. The van der Waals surface area contributed by atoms with Crippen molar-refractivity contribution in [2.24, 2.45) is 0 Å². The number of aromatic nitrogens is 5. The first kappa shape index (κ1) is 23.9. The summed E-state index contributed by atoms with van der Waals surface area (Å²) in [6.45, 7) is 6.30. The molecule has 0 saturated heterocycles. The van der Waals surface area contributed by atoms with Gasteiger partial charge in [0.1, 0.15) is 11.6 Å². The molecule has 7 nitrogen and oxygen atoms in total. The van der Waals surface area contributed by atoms with Crippen molar-refractivity contribution in [1.29, 1.82) is 0 Å². The number of benzene rings is 1. The van der Waals surface area contributed by atoms with Gasteiger partial charge in [-0.3, -0.25) is 9.69 Å². The van der Waals surface area contributed by atoms with E-state index in [-0.39, 0.29) is 36.8 Å². The third-order valence-corrected chi connectivity index (χ3v) is 5.06. The van der Waals surface area contributed by atoms with Crippen molar-refractivity contribution in [3.05, 3.63) is 46.2 Å². The minimum atomic E-state index is -4.62. The Morgan fingerprint density at radius 3 is 2.53 bits per heavy atom. The van der Waals surface area contributed by atoms with Crippen molar-refractivity contribution in [3.8, 4) is 11.4 Å². The van der Waals surface area contributed by atoms with E-state index in [4.69, 9.17) is 0 Å². The molecule has 2 aromatic heterocycles. The van der Waals surface area contributed by atoms with Crippen molar-refractivity contribution in [2.45, 2.75) is 53.0 Å². The monoisotopic (exact) mass is 516 g/mol. The molecular weight excluding hydrogens is 496 g/mol. The zero-order valence-electron chi connectivity index (χ0n) is 17.6. The van der Waals surface area contributed by atoms with Crippen LogP contribution < -0.4 is 4.90 Å². The molecule has 0 unspecified atom stereocenters. The molecule has 12 heteroatoms. The van der Waals surface area contributed by atoms with Gasteiger partial charge in [-0.1, -0.05) is 19.9 Å². The summed E-state index contributed by atoms with van der Waals surface area (Å²) in [5, 5.41) is 4.14. The molecule has 0 aliphatic carbocycles. The number of imidazole rings is 1. The zero-order valence-corrected chi connectivity index (χ0v) is 19.2. The maximum absolute atomic E-state index is 14.8. The molecular formula is C20H21BrF4N6O. The molecule has 0 fully saturated rings. The highest BCUT2D eigenvalue weighted by Gasteiger charge is 2.35. The Balaban J connectivity index is 0.00000141. The predicted octanol–water partition coefficient (Wildman–Crippen LogP) is 5.05. The molecule has 0 saturated carbocycles. The van der Waals surface area contributed by atoms with Gasteiger partial charge in [0.25, 0.3) is 0 Å². The highest BCUT2D eigenvalue weighted by atomic mass is 79.9. The number of alkyl halides is 3. The number of fused-ring (bicyclic) bond motifs is 1. The number of hydrogen-bond donors (Lipinski definition) is 0. The Morgan fingerprint density at radius 2 is 1.91 bits per heavy atom. The Hall–Kier alpha value is -2.76. The molecule has 0 N–H and O–H groups in total. The topological polar surface area (TPSA) is 68.8 Å². The van der Waals surface area contributed by atoms with Gasteiger partial charge in [0.05, 0.1) is 18.7 Å². The van der Waals surface area contributed by atoms with Crippen LogP contribution >= 0.6 is 15.9 Å². The number of halogens is 5. The highest BCUT2D eigenvalue weighted by molar-refractivity contribution is 9.10. The maximum Gasteiger partial charge on any atom is 0.434 e. The van der Waals surface area contributed by atoms with Crippen molar-refractivity contribution in [2.75, 3.05) is 4.90 Å². The molecule has 3 aromatic rings. The fourth-order valence-corrected chi connectivity index (χ4v) is 3.64. The fraction of sp³-hybridized carbons (Fsp3) is 0.400. The molecule has 1 aromatic carbocycles. The number of hydrogen-bond acceptors (Lipinski definition) is 4. The maximum atomic E-state index is 14.8. The molecule has 0 bridgehead atoms. The third kappa shape index (κ3) is 4.69. The van der Waals surface area contributed by atoms with E-state index in [9.17, 15) is 22.4 Å². The normalized spacial score (nSPS) is 13.6.